The van der Waals surface area contributed by atoms with E-state index in [0.717, 1.165) is 29.9 Å². The van der Waals surface area contributed by atoms with Crippen molar-refractivity contribution in [1.82, 2.24) is 9.55 Å². The number of aryl methyl sites for hydroxylation is 1. The SMILES string of the molecule is CC(C)CCCCCCn1c(N)nc2cc(Br)c(F)cc21. The number of hydrogen-bond donors (Lipinski definition) is 1. The van der Waals surface area contributed by atoms with Gasteiger partial charge in [0.25, 0.3) is 0 Å². The van der Waals surface area contributed by atoms with E-state index < -0.39 is 0 Å². The summed E-state index contributed by atoms with van der Waals surface area (Å²) >= 11 is 3.18. The molecule has 1 aromatic carbocycles. The first-order chi connectivity index (χ1) is 9.99. The number of hydrogen-bond acceptors (Lipinski definition) is 2. The van der Waals surface area contributed by atoms with Crippen LogP contribution < -0.4 is 5.73 Å². The first-order valence-corrected chi connectivity index (χ1v) is 8.39. The van der Waals surface area contributed by atoms with Crippen LogP contribution in [0.2, 0.25) is 0 Å². The minimum atomic E-state index is -0.277. The van der Waals surface area contributed by atoms with Crippen molar-refractivity contribution in [3.63, 3.8) is 0 Å². The first-order valence-electron chi connectivity index (χ1n) is 7.59. The van der Waals surface area contributed by atoms with E-state index in [4.69, 9.17) is 5.73 Å². The second-order valence-corrected chi connectivity index (χ2v) is 6.83. The molecule has 2 aromatic rings. The van der Waals surface area contributed by atoms with Gasteiger partial charge in [-0.1, -0.05) is 39.5 Å². The monoisotopic (exact) mass is 355 g/mol. The number of halogens is 2. The lowest BCUT2D eigenvalue weighted by Gasteiger charge is -2.07. The molecule has 0 spiro atoms. The Labute approximate surface area is 133 Å². The van der Waals surface area contributed by atoms with Crippen LogP contribution in [0.4, 0.5) is 10.3 Å². The Balaban J connectivity index is 1.95. The summed E-state index contributed by atoms with van der Waals surface area (Å²) in [7, 11) is 0. The number of nitrogen functional groups attached to an aromatic ring is 1. The van der Waals surface area contributed by atoms with Crippen molar-refractivity contribution in [2.24, 2.45) is 5.92 Å². The molecular formula is C16H23BrFN3. The number of unbranched alkanes of at least 4 members (excludes halogenated alkanes) is 3. The van der Waals surface area contributed by atoms with E-state index >= 15 is 0 Å². The predicted octanol–water partition coefficient (Wildman–Crippen LogP) is 5.13. The molecule has 3 nitrogen and oxygen atoms in total. The third-order valence-electron chi connectivity index (χ3n) is 3.73. The number of benzene rings is 1. The molecule has 0 fully saturated rings. The molecule has 2 N–H and O–H groups in total. The number of aromatic nitrogens is 2. The highest BCUT2D eigenvalue weighted by Crippen LogP contribution is 2.25. The third kappa shape index (κ3) is 4.19. The highest BCUT2D eigenvalue weighted by Gasteiger charge is 2.11. The fourth-order valence-electron chi connectivity index (χ4n) is 2.55. The summed E-state index contributed by atoms with van der Waals surface area (Å²) in [5.41, 5.74) is 7.46. The van der Waals surface area contributed by atoms with Crippen molar-refractivity contribution in [3.8, 4) is 0 Å². The van der Waals surface area contributed by atoms with Crippen LogP contribution in [0.25, 0.3) is 11.0 Å². The Kier molecular flexibility index (Phi) is 5.62. The van der Waals surface area contributed by atoms with E-state index in [-0.39, 0.29) is 5.82 Å². The van der Waals surface area contributed by atoms with Crippen molar-refractivity contribution >= 4 is 32.9 Å². The predicted molar refractivity (Wildman–Crippen MR) is 89.7 cm³/mol. The van der Waals surface area contributed by atoms with Crippen molar-refractivity contribution < 1.29 is 4.39 Å². The van der Waals surface area contributed by atoms with Crippen molar-refractivity contribution in [2.75, 3.05) is 5.73 Å². The number of anilines is 1. The summed E-state index contributed by atoms with van der Waals surface area (Å²) < 4.78 is 16.0. The van der Waals surface area contributed by atoms with Crippen LogP contribution in [0.5, 0.6) is 0 Å². The van der Waals surface area contributed by atoms with Crippen LogP contribution in [-0.2, 0) is 6.54 Å². The molecule has 0 aliphatic carbocycles. The van der Waals surface area contributed by atoms with Gasteiger partial charge in [-0.05, 0) is 34.3 Å². The van der Waals surface area contributed by atoms with Crippen LogP contribution in [0, 0.1) is 11.7 Å². The number of rotatable bonds is 7. The second-order valence-electron chi connectivity index (χ2n) is 5.97. The fraction of sp³-hybridized carbons (Fsp3) is 0.562. The van der Waals surface area contributed by atoms with Crippen molar-refractivity contribution in [3.05, 3.63) is 22.4 Å². The van der Waals surface area contributed by atoms with E-state index in [1.54, 1.807) is 6.07 Å². The minimum Gasteiger partial charge on any atom is -0.369 e. The number of nitrogens with zero attached hydrogens (tertiary/aromatic N) is 2. The number of nitrogens with two attached hydrogens (primary N) is 1. The van der Waals surface area contributed by atoms with Gasteiger partial charge >= 0.3 is 0 Å². The summed E-state index contributed by atoms with van der Waals surface area (Å²) in [5, 5.41) is 0. The average molecular weight is 356 g/mol. The molecule has 1 heterocycles. The summed E-state index contributed by atoms with van der Waals surface area (Å²) in [5.74, 6) is 0.963. The maximum atomic E-state index is 13.7. The standard InChI is InChI=1S/C16H23BrFN3/c1-11(2)7-5-3-4-6-8-21-15-10-13(18)12(17)9-14(15)20-16(21)19/h9-11H,3-8H2,1-2H3,(H2,19,20). The number of imidazole rings is 1. The van der Waals surface area contributed by atoms with E-state index in [1.165, 1.54) is 31.7 Å². The molecule has 1 aromatic heterocycles. The van der Waals surface area contributed by atoms with Gasteiger partial charge in [-0.3, -0.25) is 0 Å². The largest absolute Gasteiger partial charge is 0.369 e. The molecule has 5 heteroatoms. The van der Waals surface area contributed by atoms with Gasteiger partial charge in [-0.25, -0.2) is 9.37 Å². The van der Waals surface area contributed by atoms with Crippen molar-refractivity contribution in [2.45, 2.75) is 52.5 Å². The molecular weight excluding hydrogens is 333 g/mol. The van der Waals surface area contributed by atoms with Crippen LogP contribution in [0.3, 0.4) is 0 Å². The van der Waals surface area contributed by atoms with Crippen LogP contribution in [0.1, 0.15) is 46.0 Å². The molecule has 0 bridgehead atoms. The summed E-state index contributed by atoms with van der Waals surface area (Å²) in [4.78, 5) is 4.30. The Hall–Kier alpha value is -1.10. The second kappa shape index (κ2) is 7.25. The Morgan fingerprint density at radius 3 is 2.67 bits per heavy atom. The van der Waals surface area contributed by atoms with Crippen LogP contribution >= 0.6 is 15.9 Å². The Morgan fingerprint density at radius 2 is 1.95 bits per heavy atom. The van der Waals surface area contributed by atoms with Crippen molar-refractivity contribution in [1.29, 1.82) is 0 Å². The van der Waals surface area contributed by atoms with Gasteiger partial charge in [-0.2, -0.15) is 0 Å². The smallest absolute Gasteiger partial charge is 0.201 e. The maximum Gasteiger partial charge on any atom is 0.201 e. The molecule has 0 saturated heterocycles. The van der Waals surface area contributed by atoms with Gasteiger partial charge in [0.1, 0.15) is 5.82 Å². The molecule has 0 aliphatic rings. The fourth-order valence-corrected chi connectivity index (χ4v) is 2.88. The summed E-state index contributed by atoms with van der Waals surface area (Å²) in [6, 6.07) is 3.18. The summed E-state index contributed by atoms with van der Waals surface area (Å²) in [6.45, 7) is 5.31. The van der Waals surface area contributed by atoms with Gasteiger partial charge < -0.3 is 10.3 Å². The highest BCUT2D eigenvalue weighted by atomic mass is 79.9. The number of fused-ring (bicyclic) bond motifs is 1. The van der Waals surface area contributed by atoms with E-state index in [9.17, 15) is 4.39 Å². The molecule has 116 valence electrons. The lowest BCUT2D eigenvalue weighted by atomic mass is 10.0. The van der Waals surface area contributed by atoms with E-state index in [2.05, 4.69) is 34.8 Å². The maximum absolute atomic E-state index is 13.7. The molecule has 0 unspecified atom stereocenters. The Bertz CT molecular complexity index is 607. The third-order valence-corrected chi connectivity index (χ3v) is 4.34. The summed E-state index contributed by atoms with van der Waals surface area (Å²) in [6.07, 6.45) is 6.02. The average Bonchev–Trinajstić information content (AvgIpc) is 2.70. The lowest BCUT2D eigenvalue weighted by molar-refractivity contribution is 0.508. The first kappa shape index (κ1) is 16.3. The molecule has 0 aliphatic heterocycles. The van der Waals surface area contributed by atoms with Gasteiger partial charge in [0.15, 0.2) is 0 Å². The molecule has 21 heavy (non-hydrogen) atoms. The van der Waals surface area contributed by atoms with Crippen LogP contribution in [-0.4, -0.2) is 9.55 Å². The minimum absolute atomic E-state index is 0.277. The zero-order chi connectivity index (χ0) is 15.4. The van der Waals surface area contributed by atoms with E-state index in [1.807, 2.05) is 4.57 Å². The zero-order valence-electron chi connectivity index (χ0n) is 12.7. The molecule has 2 rings (SSSR count). The van der Waals surface area contributed by atoms with E-state index in [0.29, 0.717) is 10.4 Å². The quantitative estimate of drug-likeness (QED) is 0.699. The van der Waals surface area contributed by atoms with Gasteiger partial charge in [-0.15, -0.1) is 0 Å². The van der Waals surface area contributed by atoms with Gasteiger partial charge in [0.2, 0.25) is 5.95 Å². The molecule has 0 amide bonds. The molecule has 0 radical (unpaired) electrons. The molecule has 0 saturated carbocycles. The topological polar surface area (TPSA) is 43.8 Å². The van der Waals surface area contributed by atoms with Gasteiger partial charge in [0, 0.05) is 12.6 Å². The Morgan fingerprint density at radius 1 is 1.24 bits per heavy atom. The highest BCUT2D eigenvalue weighted by molar-refractivity contribution is 9.10. The van der Waals surface area contributed by atoms with Crippen LogP contribution in [0.15, 0.2) is 16.6 Å². The van der Waals surface area contributed by atoms with Gasteiger partial charge in [0.05, 0.1) is 15.5 Å². The molecule has 0 atom stereocenters. The lowest BCUT2D eigenvalue weighted by Crippen LogP contribution is -2.03. The normalized spacial score (nSPS) is 11.7. The zero-order valence-corrected chi connectivity index (χ0v) is 14.3.